The molecule has 6 nitrogen and oxygen atoms in total. The largest absolute Gasteiger partial charge is 0.382 e. The summed E-state index contributed by atoms with van der Waals surface area (Å²) in [7, 11) is -3.56. The van der Waals surface area contributed by atoms with Crippen LogP contribution < -0.4 is 9.50 Å². The monoisotopic (exact) mass is 418 g/mol. The van der Waals surface area contributed by atoms with Gasteiger partial charge in [-0.15, -0.1) is 0 Å². The number of urea groups is 1. The zero-order valence-electron chi connectivity index (χ0n) is 17.7. The number of aryl methyl sites for hydroxylation is 2. The van der Waals surface area contributed by atoms with Crippen molar-refractivity contribution in [1.82, 2.24) is 4.90 Å². The first-order valence-electron chi connectivity index (χ1n) is 9.74. The van der Waals surface area contributed by atoms with Gasteiger partial charge in [-0.1, -0.05) is 44.2 Å². The van der Waals surface area contributed by atoms with Crippen LogP contribution in [-0.2, 0) is 16.7 Å². The predicted octanol–water partition coefficient (Wildman–Crippen LogP) is 4.72. The highest BCUT2D eigenvalue weighted by atomic mass is 32.2. The second-order valence-corrected chi connectivity index (χ2v) is 9.40. The van der Waals surface area contributed by atoms with Gasteiger partial charge in [-0.3, -0.25) is 0 Å². The highest BCUT2D eigenvalue weighted by molar-refractivity contribution is 7.87. The first-order chi connectivity index (χ1) is 13.6. The van der Waals surface area contributed by atoms with Crippen LogP contribution in [0.1, 0.15) is 37.5 Å². The van der Waals surface area contributed by atoms with Crippen LogP contribution >= 0.6 is 0 Å². The number of amides is 2. The molecular formula is C22H30N2O4S. The Kier molecular flexibility index (Phi) is 7.67. The van der Waals surface area contributed by atoms with Gasteiger partial charge in [-0.2, -0.15) is 8.42 Å². The molecule has 0 radical (unpaired) electrons. The molecule has 2 amide bonds. The number of carbonyl (C=O) groups excluding carboxylic acids is 1. The van der Waals surface area contributed by atoms with Gasteiger partial charge in [-0.25, -0.2) is 4.79 Å². The molecule has 0 bridgehead atoms. The third-order valence-electron chi connectivity index (χ3n) is 4.46. The summed E-state index contributed by atoms with van der Waals surface area (Å²) in [4.78, 5) is 14.7. The number of hydrogen-bond donors (Lipinski definition) is 1. The van der Waals surface area contributed by atoms with Crippen molar-refractivity contribution in [2.75, 3.05) is 17.6 Å². The van der Waals surface area contributed by atoms with E-state index in [2.05, 4.69) is 19.2 Å². The SMILES string of the molecule is CCS(=O)(=O)Oc1ccc(CN(CC(C)C)C(=O)Nc2c(C)cccc2C)cc1. The highest BCUT2D eigenvalue weighted by Crippen LogP contribution is 2.21. The smallest absolute Gasteiger partial charge is 0.322 e. The number of nitrogens with one attached hydrogen (secondary N) is 1. The van der Waals surface area contributed by atoms with Crippen molar-refractivity contribution < 1.29 is 17.4 Å². The molecule has 0 aliphatic carbocycles. The summed E-state index contributed by atoms with van der Waals surface area (Å²) in [5, 5.41) is 3.04. The topological polar surface area (TPSA) is 75.7 Å². The summed E-state index contributed by atoms with van der Waals surface area (Å²) in [6.07, 6.45) is 0. The fourth-order valence-corrected chi connectivity index (χ4v) is 3.46. The van der Waals surface area contributed by atoms with Gasteiger partial charge in [0.1, 0.15) is 5.75 Å². The molecule has 0 aliphatic heterocycles. The number of rotatable bonds is 8. The van der Waals surface area contributed by atoms with Crippen LogP contribution in [0.4, 0.5) is 10.5 Å². The molecular weight excluding hydrogens is 388 g/mol. The quantitative estimate of drug-likeness (QED) is 0.629. The highest BCUT2D eigenvalue weighted by Gasteiger charge is 2.17. The molecule has 0 spiro atoms. The summed E-state index contributed by atoms with van der Waals surface area (Å²) in [5.41, 5.74) is 3.76. The van der Waals surface area contributed by atoms with Crippen LogP contribution in [0.5, 0.6) is 5.75 Å². The average molecular weight is 419 g/mol. The molecule has 2 rings (SSSR count). The number of benzene rings is 2. The van der Waals surface area contributed by atoms with Crippen molar-refractivity contribution in [3.63, 3.8) is 0 Å². The lowest BCUT2D eigenvalue weighted by Gasteiger charge is -2.26. The Labute approximate surface area is 174 Å². The van der Waals surface area contributed by atoms with Gasteiger partial charge < -0.3 is 14.4 Å². The molecule has 0 aliphatic rings. The standard InChI is InChI=1S/C22H30N2O4S/c1-6-29(26,27)28-20-12-10-19(11-13-20)15-24(14-16(2)3)22(25)23-21-17(4)8-7-9-18(21)5/h7-13,16H,6,14-15H2,1-5H3,(H,23,25). The normalized spacial score (nSPS) is 11.4. The Morgan fingerprint density at radius 2 is 1.66 bits per heavy atom. The van der Waals surface area contributed by atoms with Crippen molar-refractivity contribution in [3.05, 3.63) is 59.2 Å². The molecule has 0 fully saturated rings. The molecule has 0 saturated carbocycles. The maximum absolute atomic E-state index is 13.0. The van der Waals surface area contributed by atoms with Crippen LogP contribution in [0.15, 0.2) is 42.5 Å². The van der Waals surface area contributed by atoms with Gasteiger partial charge in [-0.05, 0) is 55.5 Å². The Hall–Kier alpha value is -2.54. The van der Waals surface area contributed by atoms with E-state index >= 15 is 0 Å². The van der Waals surface area contributed by atoms with Crippen molar-refractivity contribution in [1.29, 1.82) is 0 Å². The Balaban J connectivity index is 2.15. The average Bonchev–Trinajstić information content (AvgIpc) is 2.65. The molecule has 2 aromatic rings. The fourth-order valence-electron chi connectivity index (χ4n) is 2.93. The molecule has 0 aromatic heterocycles. The molecule has 0 saturated heterocycles. The Morgan fingerprint density at radius 3 is 2.17 bits per heavy atom. The maximum Gasteiger partial charge on any atom is 0.322 e. The lowest BCUT2D eigenvalue weighted by molar-refractivity contribution is 0.201. The third kappa shape index (κ3) is 6.78. The lowest BCUT2D eigenvalue weighted by atomic mass is 10.1. The summed E-state index contributed by atoms with van der Waals surface area (Å²) >= 11 is 0. The van der Waals surface area contributed by atoms with E-state index in [0.29, 0.717) is 19.0 Å². The van der Waals surface area contributed by atoms with E-state index in [4.69, 9.17) is 4.18 Å². The molecule has 0 heterocycles. The van der Waals surface area contributed by atoms with E-state index in [1.54, 1.807) is 29.2 Å². The molecule has 158 valence electrons. The van der Waals surface area contributed by atoms with Crippen LogP contribution in [0.25, 0.3) is 0 Å². The van der Waals surface area contributed by atoms with E-state index in [9.17, 15) is 13.2 Å². The van der Waals surface area contributed by atoms with Crippen molar-refractivity contribution in [2.24, 2.45) is 5.92 Å². The molecule has 1 N–H and O–H groups in total. The van der Waals surface area contributed by atoms with Crippen molar-refractivity contribution >= 4 is 21.8 Å². The van der Waals surface area contributed by atoms with Crippen LogP contribution in [-0.4, -0.2) is 31.6 Å². The second-order valence-electron chi connectivity index (χ2n) is 7.54. The minimum Gasteiger partial charge on any atom is -0.382 e. The van der Waals surface area contributed by atoms with Gasteiger partial charge >= 0.3 is 16.1 Å². The summed E-state index contributed by atoms with van der Waals surface area (Å²) in [6.45, 7) is 10.6. The molecule has 29 heavy (non-hydrogen) atoms. The van der Waals surface area contributed by atoms with Gasteiger partial charge in [0, 0.05) is 18.8 Å². The van der Waals surface area contributed by atoms with E-state index in [1.165, 1.54) is 6.92 Å². The van der Waals surface area contributed by atoms with Crippen LogP contribution in [0.2, 0.25) is 0 Å². The summed E-state index contributed by atoms with van der Waals surface area (Å²) in [5.74, 6) is 0.483. The molecule has 7 heteroatoms. The van der Waals surface area contributed by atoms with Gasteiger partial charge in [0.2, 0.25) is 0 Å². The third-order valence-corrected chi connectivity index (χ3v) is 5.61. The van der Waals surface area contributed by atoms with Gasteiger partial charge in [0.15, 0.2) is 0 Å². The van der Waals surface area contributed by atoms with Gasteiger partial charge in [0.25, 0.3) is 0 Å². The molecule has 2 aromatic carbocycles. The zero-order chi connectivity index (χ0) is 21.6. The summed E-state index contributed by atoms with van der Waals surface area (Å²) in [6, 6.07) is 12.5. The number of carbonyl (C=O) groups is 1. The van der Waals surface area contributed by atoms with E-state index in [0.717, 1.165) is 22.4 Å². The first kappa shape index (κ1) is 22.7. The minimum atomic E-state index is -3.56. The van der Waals surface area contributed by atoms with Gasteiger partial charge in [0.05, 0.1) is 5.75 Å². The van der Waals surface area contributed by atoms with Crippen LogP contribution in [0.3, 0.4) is 0 Å². The number of para-hydroxylation sites is 1. The van der Waals surface area contributed by atoms with Crippen molar-refractivity contribution in [2.45, 2.75) is 41.2 Å². The Bertz CT molecular complexity index is 918. The lowest BCUT2D eigenvalue weighted by Crippen LogP contribution is -2.37. The Morgan fingerprint density at radius 1 is 1.07 bits per heavy atom. The first-order valence-corrected chi connectivity index (χ1v) is 11.3. The predicted molar refractivity (Wildman–Crippen MR) is 117 cm³/mol. The van der Waals surface area contributed by atoms with E-state index < -0.39 is 10.1 Å². The maximum atomic E-state index is 13.0. The summed E-state index contributed by atoms with van der Waals surface area (Å²) < 4.78 is 28.2. The number of hydrogen-bond acceptors (Lipinski definition) is 4. The molecule has 0 unspecified atom stereocenters. The minimum absolute atomic E-state index is 0.0879. The van der Waals surface area contributed by atoms with Crippen LogP contribution in [0, 0.1) is 19.8 Å². The van der Waals surface area contributed by atoms with Crippen molar-refractivity contribution in [3.8, 4) is 5.75 Å². The molecule has 0 atom stereocenters. The van der Waals surface area contributed by atoms with E-state index in [1.807, 2.05) is 32.0 Å². The number of nitrogens with zero attached hydrogens (tertiary/aromatic N) is 1. The van der Waals surface area contributed by atoms with E-state index in [-0.39, 0.29) is 17.5 Å². The number of anilines is 1. The zero-order valence-corrected chi connectivity index (χ0v) is 18.5. The second kappa shape index (κ2) is 9.78. The fraction of sp³-hybridized carbons (Fsp3) is 0.409.